The van der Waals surface area contributed by atoms with Crippen LogP contribution in [0.15, 0.2) is 48.5 Å². The van der Waals surface area contributed by atoms with Crippen molar-refractivity contribution in [1.29, 1.82) is 0 Å². The lowest BCUT2D eigenvalue weighted by Gasteiger charge is -2.43. The third-order valence-corrected chi connectivity index (χ3v) is 7.20. The zero-order chi connectivity index (χ0) is 22.5. The Morgan fingerprint density at radius 2 is 1.88 bits per heavy atom. The summed E-state index contributed by atoms with van der Waals surface area (Å²) in [5.74, 6) is 2.07. The minimum atomic E-state index is 0.107. The SMILES string of the molecule is C[C@@H]1CN(c2nc3cc(Cl)ccc3c3nnc(-c4ccccc4)n23)CCN1C(=O)C1CCC1. The van der Waals surface area contributed by atoms with Crippen molar-refractivity contribution < 1.29 is 4.79 Å². The summed E-state index contributed by atoms with van der Waals surface area (Å²) in [4.78, 5) is 22.2. The first kappa shape index (κ1) is 20.4. The predicted molar refractivity (Wildman–Crippen MR) is 129 cm³/mol. The highest BCUT2D eigenvalue weighted by molar-refractivity contribution is 6.31. The maximum atomic E-state index is 12.9. The van der Waals surface area contributed by atoms with Gasteiger partial charge in [0.15, 0.2) is 11.5 Å². The molecule has 2 aromatic carbocycles. The van der Waals surface area contributed by atoms with Gasteiger partial charge in [0.1, 0.15) is 0 Å². The summed E-state index contributed by atoms with van der Waals surface area (Å²) in [6.07, 6.45) is 3.23. The second-order valence-corrected chi connectivity index (χ2v) is 9.51. The van der Waals surface area contributed by atoms with Crippen molar-refractivity contribution in [3.63, 3.8) is 0 Å². The highest BCUT2D eigenvalue weighted by Crippen LogP contribution is 2.32. The van der Waals surface area contributed by atoms with Gasteiger partial charge in [0.05, 0.1) is 5.52 Å². The van der Waals surface area contributed by atoms with E-state index < -0.39 is 0 Å². The molecule has 0 unspecified atom stereocenters. The number of carbonyl (C=O) groups excluding carboxylic acids is 1. The molecule has 8 heteroatoms. The molecule has 0 spiro atoms. The van der Waals surface area contributed by atoms with Gasteiger partial charge in [-0.1, -0.05) is 48.4 Å². The van der Waals surface area contributed by atoms with Gasteiger partial charge >= 0.3 is 0 Å². The average Bonchev–Trinajstić information content (AvgIpc) is 3.23. The van der Waals surface area contributed by atoms with Crippen LogP contribution in [0.25, 0.3) is 27.9 Å². The third kappa shape index (κ3) is 3.42. The molecule has 1 amide bonds. The van der Waals surface area contributed by atoms with Crippen LogP contribution in [0.1, 0.15) is 26.2 Å². The monoisotopic (exact) mass is 460 g/mol. The van der Waals surface area contributed by atoms with Gasteiger partial charge in [-0.2, -0.15) is 0 Å². The summed E-state index contributed by atoms with van der Waals surface area (Å²) < 4.78 is 2.04. The number of carbonyl (C=O) groups is 1. The molecule has 2 fully saturated rings. The van der Waals surface area contributed by atoms with Crippen molar-refractivity contribution in [2.75, 3.05) is 24.5 Å². The summed E-state index contributed by atoms with van der Waals surface area (Å²) in [5.41, 5.74) is 2.52. The third-order valence-electron chi connectivity index (χ3n) is 6.96. The molecule has 3 heterocycles. The zero-order valence-corrected chi connectivity index (χ0v) is 19.2. The van der Waals surface area contributed by atoms with E-state index in [1.165, 1.54) is 6.42 Å². The Kier molecular flexibility index (Phi) is 4.94. The number of hydrogen-bond acceptors (Lipinski definition) is 5. The van der Waals surface area contributed by atoms with Crippen LogP contribution in [0.3, 0.4) is 0 Å². The number of anilines is 1. The second-order valence-electron chi connectivity index (χ2n) is 9.08. The Labute approximate surface area is 197 Å². The molecule has 0 N–H and O–H groups in total. The van der Waals surface area contributed by atoms with Crippen LogP contribution in [0, 0.1) is 5.92 Å². The van der Waals surface area contributed by atoms with Crippen molar-refractivity contribution in [3.05, 3.63) is 53.6 Å². The number of halogens is 1. The molecule has 4 aromatic rings. The molecule has 33 heavy (non-hydrogen) atoms. The minimum absolute atomic E-state index is 0.107. The first-order valence-electron chi connectivity index (χ1n) is 11.6. The molecule has 1 saturated heterocycles. The largest absolute Gasteiger partial charge is 0.338 e. The topological polar surface area (TPSA) is 66.6 Å². The lowest BCUT2D eigenvalue weighted by atomic mass is 9.84. The molecular weight excluding hydrogens is 436 g/mol. The Hall–Kier alpha value is -3.19. The predicted octanol–water partition coefficient (Wildman–Crippen LogP) is 4.44. The number of fused-ring (bicyclic) bond motifs is 3. The lowest BCUT2D eigenvalue weighted by molar-refractivity contribution is -0.140. The number of nitrogens with zero attached hydrogens (tertiary/aromatic N) is 6. The van der Waals surface area contributed by atoms with E-state index in [-0.39, 0.29) is 12.0 Å². The van der Waals surface area contributed by atoms with E-state index in [0.29, 0.717) is 30.6 Å². The molecule has 7 nitrogen and oxygen atoms in total. The quantitative estimate of drug-likeness (QED) is 0.452. The maximum absolute atomic E-state index is 12.9. The van der Waals surface area contributed by atoms with Crippen LogP contribution < -0.4 is 4.90 Å². The first-order chi connectivity index (χ1) is 16.1. The Morgan fingerprint density at radius 1 is 1.06 bits per heavy atom. The van der Waals surface area contributed by atoms with Crippen molar-refractivity contribution in [1.82, 2.24) is 24.5 Å². The highest BCUT2D eigenvalue weighted by Gasteiger charge is 2.35. The average molecular weight is 461 g/mol. The summed E-state index contributed by atoms with van der Waals surface area (Å²) in [7, 11) is 0. The smallest absolute Gasteiger partial charge is 0.226 e. The number of aromatic nitrogens is 4. The Morgan fingerprint density at radius 3 is 2.61 bits per heavy atom. The molecule has 1 saturated carbocycles. The first-order valence-corrected chi connectivity index (χ1v) is 11.9. The van der Waals surface area contributed by atoms with E-state index >= 15 is 0 Å². The van der Waals surface area contributed by atoms with Crippen molar-refractivity contribution >= 4 is 40.0 Å². The van der Waals surface area contributed by atoms with E-state index in [1.807, 2.05) is 52.9 Å². The number of amides is 1. The van der Waals surface area contributed by atoms with E-state index in [4.69, 9.17) is 16.6 Å². The van der Waals surface area contributed by atoms with E-state index in [2.05, 4.69) is 26.9 Å². The fraction of sp³-hybridized carbons (Fsp3) is 0.360. The van der Waals surface area contributed by atoms with Crippen LogP contribution in [0.4, 0.5) is 5.95 Å². The van der Waals surface area contributed by atoms with Gasteiger partial charge in [-0.3, -0.25) is 4.79 Å². The van der Waals surface area contributed by atoms with Crippen LogP contribution >= 0.6 is 11.6 Å². The Bertz CT molecular complexity index is 1350. The zero-order valence-electron chi connectivity index (χ0n) is 18.5. The second kappa shape index (κ2) is 7.99. The standard InChI is InChI=1S/C25H25ClN6O/c1-16-15-30(12-13-31(16)24(33)18-8-5-9-18)25-27-21-14-19(26)10-11-20(21)23-29-28-22(32(23)25)17-6-3-2-4-7-17/h2-4,6-7,10-11,14,16,18H,5,8-9,12-13,15H2,1H3/t16-/m1/s1. The summed E-state index contributed by atoms with van der Waals surface area (Å²) in [5, 5.41) is 10.6. The van der Waals surface area contributed by atoms with Crippen LogP contribution in [-0.4, -0.2) is 56.1 Å². The Balaban J connectivity index is 1.45. The highest BCUT2D eigenvalue weighted by atomic mass is 35.5. The van der Waals surface area contributed by atoms with Gasteiger partial charge in [0.2, 0.25) is 11.9 Å². The minimum Gasteiger partial charge on any atom is -0.338 e. The van der Waals surface area contributed by atoms with Gasteiger partial charge in [0.25, 0.3) is 0 Å². The van der Waals surface area contributed by atoms with Crippen molar-refractivity contribution in [2.45, 2.75) is 32.2 Å². The fourth-order valence-corrected chi connectivity index (χ4v) is 5.10. The van der Waals surface area contributed by atoms with Crippen LogP contribution in [0.2, 0.25) is 5.02 Å². The maximum Gasteiger partial charge on any atom is 0.226 e. The molecule has 6 rings (SSSR count). The molecule has 2 aromatic heterocycles. The van der Waals surface area contributed by atoms with Crippen LogP contribution in [-0.2, 0) is 4.79 Å². The van der Waals surface area contributed by atoms with Gasteiger partial charge in [0, 0.05) is 47.6 Å². The van der Waals surface area contributed by atoms with Crippen molar-refractivity contribution in [2.24, 2.45) is 5.92 Å². The van der Waals surface area contributed by atoms with E-state index in [9.17, 15) is 4.79 Å². The molecule has 1 aliphatic heterocycles. The lowest BCUT2D eigenvalue weighted by Crippen LogP contribution is -2.56. The van der Waals surface area contributed by atoms with Gasteiger partial charge < -0.3 is 9.80 Å². The summed E-state index contributed by atoms with van der Waals surface area (Å²) >= 11 is 6.29. The molecule has 0 radical (unpaired) electrons. The number of piperazine rings is 1. The number of rotatable bonds is 3. The van der Waals surface area contributed by atoms with Crippen molar-refractivity contribution in [3.8, 4) is 11.4 Å². The van der Waals surface area contributed by atoms with Crippen LogP contribution in [0.5, 0.6) is 0 Å². The number of hydrogen-bond donors (Lipinski definition) is 0. The molecule has 2 aliphatic rings. The normalized spacial score (nSPS) is 19.3. The van der Waals surface area contributed by atoms with Gasteiger partial charge in [-0.25, -0.2) is 9.38 Å². The molecular formula is C25H25ClN6O. The summed E-state index contributed by atoms with van der Waals surface area (Å²) in [6, 6.07) is 15.8. The van der Waals surface area contributed by atoms with E-state index in [1.54, 1.807) is 0 Å². The molecule has 1 atom stereocenters. The fourth-order valence-electron chi connectivity index (χ4n) is 4.93. The molecule has 1 aliphatic carbocycles. The molecule has 0 bridgehead atoms. The summed E-state index contributed by atoms with van der Waals surface area (Å²) in [6.45, 7) is 4.24. The molecule has 168 valence electrons. The van der Waals surface area contributed by atoms with E-state index in [0.717, 1.165) is 46.7 Å². The van der Waals surface area contributed by atoms with Gasteiger partial charge in [-0.05, 0) is 38.0 Å². The van der Waals surface area contributed by atoms with Gasteiger partial charge in [-0.15, -0.1) is 10.2 Å². The number of benzene rings is 2.